The Kier molecular flexibility index (Phi) is 6.32. The maximum Gasteiger partial charge on any atom is 0.326 e. The molecular weight excluding hydrogens is 250 g/mol. The van der Waals surface area contributed by atoms with Crippen LogP contribution >= 0.6 is 0 Å². The monoisotopic (exact) mass is 271 g/mol. The Bertz CT molecular complexity index is 336. The second-order valence-electron chi connectivity index (χ2n) is 5.10. The van der Waals surface area contributed by atoms with E-state index in [2.05, 4.69) is 5.32 Å². The first-order valence-electron chi connectivity index (χ1n) is 6.73. The van der Waals surface area contributed by atoms with Gasteiger partial charge in [0, 0.05) is 12.8 Å². The van der Waals surface area contributed by atoms with Crippen molar-refractivity contribution in [2.24, 2.45) is 5.92 Å². The van der Waals surface area contributed by atoms with Crippen LogP contribution in [0, 0.1) is 5.92 Å². The average Bonchev–Trinajstić information content (AvgIpc) is 2.79. The van der Waals surface area contributed by atoms with Gasteiger partial charge in [-0.3, -0.25) is 9.59 Å². The highest BCUT2D eigenvalue weighted by Crippen LogP contribution is 2.27. The Balaban J connectivity index is 2.32. The molecule has 0 aromatic heterocycles. The summed E-state index contributed by atoms with van der Waals surface area (Å²) in [5.74, 6) is -1.94. The van der Waals surface area contributed by atoms with Crippen LogP contribution in [0.3, 0.4) is 0 Å². The van der Waals surface area contributed by atoms with Gasteiger partial charge in [-0.1, -0.05) is 12.8 Å². The molecule has 0 aromatic rings. The van der Waals surface area contributed by atoms with Gasteiger partial charge in [0.05, 0.1) is 0 Å². The second kappa shape index (κ2) is 7.76. The van der Waals surface area contributed by atoms with Crippen molar-refractivity contribution in [3.8, 4) is 0 Å². The summed E-state index contributed by atoms with van der Waals surface area (Å²) in [5, 5.41) is 20.0. The molecule has 6 heteroatoms. The fourth-order valence-corrected chi connectivity index (χ4v) is 2.44. The van der Waals surface area contributed by atoms with Gasteiger partial charge in [-0.25, -0.2) is 4.79 Å². The molecule has 0 radical (unpaired) electrons. The molecule has 108 valence electrons. The van der Waals surface area contributed by atoms with Gasteiger partial charge >= 0.3 is 11.9 Å². The van der Waals surface area contributed by atoms with Crippen molar-refractivity contribution in [2.75, 3.05) is 0 Å². The van der Waals surface area contributed by atoms with E-state index >= 15 is 0 Å². The first-order valence-corrected chi connectivity index (χ1v) is 6.73. The van der Waals surface area contributed by atoms with E-state index in [9.17, 15) is 14.4 Å². The molecule has 1 aliphatic rings. The van der Waals surface area contributed by atoms with Crippen LogP contribution in [0.2, 0.25) is 0 Å². The van der Waals surface area contributed by atoms with E-state index < -0.39 is 18.0 Å². The molecule has 1 rings (SSSR count). The maximum atomic E-state index is 11.7. The largest absolute Gasteiger partial charge is 0.481 e. The molecule has 1 saturated carbocycles. The highest BCUT2D eigenvalue weighted by Gasteiger charge is 2.23. The summed E-state index contributed by atoms with van der Waals surface area (Å²) < 4.78 is 0. The number of amides is 1. The van der Waals surface area contributed by atoms with Crippen LogP contribution in [-0.2, 0) is 14.4 Å². The molecule has 0 spiro atoms. The lowest BCUT2D eigenvalue weighted by Gasteiger charge is -2.15. The second-order valence-corrected chi connectivity index (χ2v) is 5.10. The zero-order valence-electron chi connectivity index (χ0n) is 10.9. The van der Waals surface area contributed by atoms with Crippen LogP contribution in [0.5, 0.6) is 0 Å². The highest BCUT2D eigenvalue weighted by molar-refractivity contribution is 5.83. The fourth-order valence-electron chi connectivity index (χ4n) is 2.44. The molecule has 19 heavy (non-hydrogen) atoms. The third kappa shape index (κ3) is 6.22. The van der Waals surface area contributed by atoms with Gasteiger partial charge in [0.2, 0.25) is 5.91 Å². The summed E-state index contributed by atoms with van der Waals surface area (Å²) in [5.41, 5.74) is 0. The van der Waals surface area contributed by atoms with E-state index in [0.717, 1.165) is 25.7 Å². The lowest BCUT2D eigenvalue weighted by molar-refractivity contribution is -0.142. The molecule has 3 N–H and O–H groups in total. The van der Waals surface area contributed by atoms with E-state index in [1.54, 1.807) is 0 Å². The Morgan fingerprint density at radius 1 is 1.16 bits per heavy atom. The Morgan fingerprint density at radius 2 is 1.79 bits per heavy atom. The predicted molar refractivity (Wildman–Crippen MR) is 67.6 cm³/mol. The first-order chi connectivity index (χ1) is 8.99. The van der Waals surface area contributed by atoms with Crippen LogP contribution in [0.25, 0.3) is 0 Å². The zero-order chi connectivity index (χ0) is 14.3. The van der Waals surface area contributed by atoms with Crippen molar-refractivity contribution in [3.05, 3.63) is 0 Å². The lowest BCUT2D eigenvalue weighted by atomic mass is 10.0. The van der Waals surface area contributed by atoms with Crippen molar-refractivity contribution in [3.63, 3.8) is 0 Å². The van der Waals surface area contributed by atoms with Crippen molar-refractivity contribution in [1.82, 2.24) is 5.32 Å². The van der Waals surface area contributed by atoms with Crippen molar-refractivity contribution in [2.45, 2.75) is 57.4 Å². The van der Waals surface area contributed by atoms with E-state index in [-0.39, 0.29) is 25.2 Å². The third-order valence-electron chi connectivity index (χ3n) is 3.47. The molecule has 0 bridgehead atoms. The van der Waals surface area contributed by atoms with Crippen LogP contribution in [-0.4, -0.2) is 34.1 Å². The molecule has 0 aromatic carbocycles. The van der Waals surface area contributed by atoms with Crippen LogP contribution in [0.1, 0.15) is 51.4 Å². The van der Waals surface area contributed by atoms with Gasteiger partial charge in [0.1, 0.15) is 6.04 Å². The number of hydrogen-bond donors (Lipinski definition) is 3. The van der Waals surface area contributed by atoms with Crippen molar-refractivity contribution in [1.29, 1.82) is 0 Å². The average molecular weight is 271 g/mol. The number of carboxylic acid groups (broad SMARTS) is 2. The minimum atomic E-state index is -1.11. The van der Waals surface area contributed by atoms with Crippen molar-refractivity contribution < 1.29 is 24.6 Å². The van der Waals surface area contributed by atoms with Crippen molar-refractivity contribution >= 4 is 17.8 Å². The number of hydrogen-bond acceptors (Lipinski definition) is 3. The highest BCUT2D eigenvalue weighted by atomic mass is 16.4. The minimum Gasteiger partial charge on any atom is -0.481 e. The fraction of sp³-hybridized carbons (Fsp3) is 0.769. The first kappa shape index (κ1) is 15.5. The molecule has 1 fully saturated rings. The van der Waals surface area contributed by atoms with E-state index in [1.165, 1.54) is 0 Å². The standard InChI is InChI=1S/C13H21NO5/c15-11(8-9-4-1-2-5-9)14-10(13(18)19)6-3-7-12(16)17/h9-10H,1-8H2,(H,14,15)(H,16,17)(H,18,19)/t10-/m1/s1. The molecule has 1 aliphatic carbocycles. The number of carboxylic acids is 2. The summed E-state index contributed by atoms with van der Waals surface area (Å²) in [6.45, 7) is 0. The summed E-state index contributed by atoms with van der Waals surface area (Å²) in [6.07, 6.45) is 5.03. The van der Waals surface area contributed by atoms with Gasteiger partial charge in [-0.2, -0.15) is 0 Å². The topological polar surface area (TPSA) is 104 Å². The van der Waals surface area contributed by atoms with Gasteiger partial charge in [-0.15, -0.1) is 0 Å². The Labute approximate surface area is 112 Å². The molecule has 0 unspecified atom stereocenters. The number of aliphatic carboxylic acids is 2. The SMILES string of the molecule is O=C(O)CCC[C@@H](NC(=O)CC1CCCC1)C(=O)O. The lowest BCUT2D eigenvalue weighted by Crippen LogP contribution is -2.41. The summed E-state index contributed by atoms with van der Waals surface area (Å²) in [6, 6.07) is -0.978. The van der Waals surface area contributed by atoms with E-state index in [4.69, 9.17) is 10.2 Å². The molecule has 1 amide bonds. The van der Waals surface area contributed by atoms with Gasteiger partial charge in [0.25, 0.3) is 0 Å². The minimum absolute atomic E-state index is 0.0811. The van der Waals surface area contributed by atoms with Crippen LogP contribution in [0.4, 0.5) is 0 Å². The van der Waals surface area contributed by atoms with Gasteiger partial charge in [-0.05, 0) is 31.6 Å². The molecule has 0 heterocycles. The van der Waals surface area contributed by atoms with E-state index in [1.807, 2.05) is 0 Å². The number of nitrogens with one attached hydrogen (secondary N) is 1. The number of carbonyl (C=O) groups is 3. The van der Waals surface area contributed by atoms with Gasteiger partial charge < -0.3 is 15.5 Å². The third-order valence-corrected chi connectivity index (χ3v) is 3.47. The van der Waals surface area contributed by atoms with Crippen LogP contribution < -0.4 is 5.32 Å². The maximum absolute atomic E-state index is 11.7. The van der Waals surface area contributed by atoms with E-state index in [0.29, 0.717) is 12.3 Å². The summed E-state index contributed by atoms with van der Waals surface area (Å²) in [4.78, 5) is 33.1. The molecule has 0 saturated heterocycles. The zero-order valence-corrected chi connectivity index (χ0v) is 10.9. The Morgan fingerprint density at radius 3 is 2.32 bits per heavy atom. The normalized spacial score (nSPS) is 17.1. The molecule has 1 atom stereocenters. The summed E-state index contributed by atoms with van der Waals surface area (Å²) in [7, 11) is 0. The Hall–Kier alpha value is -1.59. The molecule has 6 nitrogen and oxygen atoms in total. The quantitative estimate of drug-likeness (QED) is 0.619. The molecule has 0 aliphatic heterocycles. The molecular formula is C13H21NO5. The number of rotatable bonds is 8. The van der Waals surface area contributed by atoms with Gasteiger partial charge in [0.15, 0.2) is 0 Å². The van der Waals surface area contributed by atoms with Crippen LogP contribution in [0.15, 0.2) is 0 Å². The summed E-state index contributed by atoms with van der Waals surface area (Å²) >= 11 is 0. The predicted octanol–water partition coefficient (Wildman–Crippen LogP) is 1.39. The number of carbonyl (C=O) groups excluding carboxylic acids is 1. The smallest absolute Gasteiger partial charge is 0.326 e.